The van der Waals surface area contributed by atoms with E-state index in [1.165, 1.54) is 7.11 Å². The second kappa shape index (κ2) is 8.30. The molecule has 0 bridgehead atoms. The van der Waals surface area contributed by atoms with Crippen LogP contribution >= 0.6 is 0 Å². The second-order valence-corrected chi connectivity index (χ2v) is 5.10. The maximum absolute atomic E-state index is 12.2. The molecule has 0 aromatic carbocycles. The topological polar surface area (TPSA) is 59.5 Å². The van der Waals surface area contributed by atoms with E-state index in [2.05, 4.69) is 9.72 Å². The van der Waals surface area contributed by atoms with E-state index in [9.17, 15) is 9.59 Å². The molecule has 0 aliphatic carbocycles. The Balaban J connectivity index is 2.68. The van der Waals surface area contributed by atoms with Gasteiger partial charge in [0, 0.05) is 31.9 Å². The Bertz CT molecular complexity index is 432. The van der Waals surface area contributed by atoms with Crippen LogP contribution in [-0.4, -0.2) is 35.4 Å². The van der Waals surface area contributed by atoms with Crippen molar-refractivity contribution in [2.24, 2.45) is 5.92 Å². The number of esters is 1. The molecular formula is C15H22N2O3. The molecule has 0 aliphatic heterocycles. The molecule has 0 fully saturated rings. The highest BCUT2D eigenvalue weighted by Crippen LogP contribution is 2.10. The van der Waals surface area contributed by atoms with Gasteiger partial charge in [-0.15, -0.1) is 0 Å². The van der Waals surface area contributed by atoms with Crippen molar-refractivity contribution in [3.05, 3.63) is 30.1 Å². The normalized spacial score (nSPS) is 10.4. The van der Waals surface area contributed by atoms with Gasteiger partial charge in [-0.1, -0.05) is 19.9 Å². The molecule has 0 saturated heterocycles. The molecule has 0 saturated carbocycles. The molecular weight excluding hydrogens is 256 g/mol. The first-order chi connectivity index (χ1) is 9.52. The van der Waals surface area contributed by atoms with Crippen molar-refractivity contribution in [3.8, 4) is 0 Å². The molecule has 0 unspecified atom stereocenters. The molecule has 1 amide bonds. The van der Waals surface area contributed by atoms with Gasteiger partial charge in [0.2, 0.25) is 5.91 Å². The smallest absolute Gasteiger partial charge is 0.307 e. The molecule has 5 heteroatoms. The number of methoxy groups -OCH3 is 1. The van der Waals surface area contributed by atoms with Crippen molar-refractivity contribution < 1.29 is 14.3 Å². The molecule has 0 atom stereocenters. The van der Waals surface area contributed by atoms with Crippen LogP contribution in [0.1, 0.15) is 32.3 Å². The zero-order valence-corrected chi connectivity index (χ0v) is 12.3. The molecule has 0 aliphatic rings. The number of pyridine rings is 1. The van der Waals surface area contributed by atoms with Gasteiger partial charge in [-0.25, -0.2) is 0 Å². The fraction of sp³-hybridized carbons (Fsp3) is 0.533. The van der Waals surface area contributed by atoms with E-state index in [1.54, 1.807) is 17.3 Å². The van der Waals surface area contributed by atoms with Crippen LogP contribution in [0.3, 0.4) is 0 Å². The largest absolute Gasteiger partial charge is 0.469 e. The summed E-state index contributed by atoms with van der Waals surface area (Å²) in [6.45, 7) is 4.84. The molecule has 1 heterocycles. The Morgan fingerprint density at radius 1 is 1.40 bits per heavy atom. The zero-order chi connectivity index (χ0) is 15.0. The van der Waals surface area contributed by atoms with E-state index in [4.69, 9.17) is 0 Å². The monoisotopic (exact) mass is 278 g/mol. The lowest BCUT2D eigenvalue weighted by Crippen LogP contribution is -2.33. The van der Waals surface area contributed by atoms with Crippen molar-refractivity contribution in [3.63, 3.8) is 0 Å². The highest BCUT2D eigenvalue weighted by atomic mass is 16.5. The van der Waals surface area contributed by atoms with Crippen LogP contribution in [0.2, 0.25) is 0 Å². The van der Waals surface area contributed by atoms with E-state index < -0.39 is 0 Å². The standard InChI is InChI=1S/C15H22N2O3/c1-12(2)9-14(18)17(8-6-15(19)20-3)11-13-5-4-7-16-10-13/h4-5,7,10,12H,6,8-9,11H2,1-3H3. The number of aromatic nitrogens is 1. The third-order valence-corrected chi connectivity index (χ3v) is 2.85. The Labute approximate surface area is 119 Å². The number of carbonyl (C=O) groups is 2. The first-order valence-corrected chi connectivity index (χ1v) is 6.76. The van der Waals surface area contributed by atoms with Crippen molar-refractivity contribution in [2.75, 3.05) is 13.7 Å². The fourth-order valence-corrected chi connectivity index (χ4v) is 1.81. The van der Waals surface area contributed by atoms with Gasteiger partial charge < -0.3 is 9.64 Å². The van der Waals surface area contributed by atoms with Crippen LogP contribution in [0.15, 0.2) is 24.5 Å². The van der Waals surface area contributed by atoms with Crippen LogP contribution in [0.5, 0.6) is 0 Å². The van der Waals surface area contributed by atoms with E-state index in [1.807, 2.05) is 26.0 Å². The Hall–Kier alpha value is -1.91. The van der Waals surface area contributed by atoms with Crippen molar-refractivity contribution in [2.45, 2.75) is 33.2 Å². The first kappa shape index (κ1) is 16.1. The molecule has 0 N–H and O–H groups in total. The number of hydrogen-bond donors (Lipinski definition) is 0. The predicted octanol–water partition coefficient (Wildman–Crippen LogP) is 2.02. The average molecular weight is 278 g/mol. The van der Waals surface area contributed by atoms with Crippen molar-refractivity contribution in [1.29, 1.82) is 0 Å². The van der Waals surface area contributed by atoms with Gasteiger partial charge in [-0.2, -0.15) is 0 Å². The Morgan fingerprint density at radius 3 is 2.70 bits per heavy atom. The number of amides is 1. The minimum atomic E-state index is -0.307. The predicted molar refractivity (Wildman–Crippen MR) is 75.7 cm³/mol. The van der Waals surface area contributed by atoms with Gasteiger partial charge in [0.25, 0.3) is 0 Å². The molecule has 1 aromatic heterocycles. The lowest BCUT2D eigenvalue weighted by molar-refractivity contribution is -0.142. The van der Waals surface area contributed by atoms with Crippen molar-refractivity contribution >= 4 is 11.9 Å². The summed E-state index contributed by atoms with van der Waals surface area (Å²) in [5, 5.41) is 0. The van der Waals surface area contributed by atoms with E-state index in [0.29, 0.717) is 19.5 Å². The van der Waals surface area contributed by atoms with Gasteiger partial charge in [0.05, 0.1) is 13.5 Å². The Kier molecular flexibility index (Phi) is 6.70. The number of ether oxygens (including phenoxy) is 1. The summed E-state index contributed by atoms with van der Waals surface area (Å²) in [5.41, 5.74) is 0.953. The molecule has 5 nitrogen and oxygen atoms in total. The van der Waals surface area contributed by atoms with Crippen LogP contribution in [0.25, 0.3) is 0 Å². The Morgan fingerprint density at radius 2 is 2.15 bits per heavy atom. The minimum absolute atomic E-state index is 0.0488. The summed E-state index contributed by atoms with van der Waals surface area (Å²) in [4.78, 5) is 29.2. The van der Waals surface area contributed by atoms with Crippen molar-refractivity contribution in [1.82, 2.24) is 9.88 Å². The summed E-state index contributed by atoms with van der Waals surface area (Å²) < 4.78 is 4.62. The quantitative estimate of drug-likeness (QED) is 0.716. The van der Waals surface area contributed by atoms with Crippen LogP contribution < -0.4 is 0 Å². The minimum Gasteiger partial charge on any atom is -0.469 e. The third-order valence-electron chi connectivity index (χ3n) is 2.85. The zero-order valence-electron chi connectivity index (χ0n) is 12.3. The van der Waals surface area contributed by atoms with E-state index in [0.717, 1.165) is 5.56 Å². The lowest BCUT2D eigenvalue weighted by Gasteiger charge is -2.23. The van der Waals surface area contributed by atoms with Gasteiger partial charge in [-0.05, 0) is 17.5 Å². The molecule has 1 aromatic rings. The maximum atomic E-state index is 12.2. The second-order valence-electron chi connectivity index (χ2n) is 5.10. The summed E-state index contributed by atoms with van der Waals surface area (Å²) in [6, 6.07) is 3.75. The van der Waals surface area contributed by atoms with E-state index >= 15 is 0 Å². The number of nitrogens with zero attached hydrogens (tertiary/aromatic N) is 2. The number of carbonyl (C=O) groups excluding carboxylic acids is 2. The summed E-state index contributed by atoms with van der Waals surface area (Å²) in [5.74, 6) is 0.0308. The molecule has 0 radical (unpaired) electrons. The molecule has 20 heavy (non-hydrogen) atoms. The third kappa shape index (κ3) is 5.82. The molecule has 110 valence electrons. The van der Waals surface area contributed by atoms with E-state index in [-0.39, 0.29) is 24.2 Å². The molecule has 1 rings (SSSR count). The van der Waals surface area contributed by atoms with Crippen LogP contribution in [0.4, 0.5) is 0 Å². The first-order valence-electron chi connectivity index (χ1n) is 6.76. The lowest BCUT2D eigenvalue weighted by atomic mass is 10.1. The summed E-state index contributed by atoms with van der Waals surface area (Å²) >= 11 is 0. The van der Waals surface area contributed by atoms with Crippen LogP contribution in [0, 0.1) is 5.92 Å². The SMILES string of the molecule is COC(=O)CCN(Cc1cccnc1)C(=O)CC(C)C. The van der Waals surface area contributed by atoms with Gasteiger partial charge >= 0.3 is 5.97 Å². The summed E-state index contributed by atoms with van der Waals surface area (Å²) in [6.07, 6.45) is 4.11. The van der Waals surface area contributed by atoms with Gasteiger partial charge in [-0.3, -0.25) is 14.6 Å². The maximum Gasteiger partial charge on any atom is 0.307 e. The summed E-state index contributed by atoms with van der Waals surface area (Å²) in [7, 11) is 1.35. The van der Waals surface area contributed by atoms with Crippen LogP contribution in [-0.2, 0) is 20.9 Å². The number of rotatable bonds is 7. The highest BCUT2D eigenvalue weighted by molar-refractivity contribution is 5.77. The van der Waals surface area contributed by atoms with Gasteiger partial charge in [0.1, 0.15) is 0 Å². The average Bonchev–Trinajstić information content (AvgIpc) is 2.43. The fourth-order valence-electron chi connectivity index (χ4n) is 1.81. The highest BCUT2D eigenvalue weighted by Gasteiger charge is 2.16. The number of hydrogen-bond acceptors (Lipinski definition) is 4. The molecule has 0 spiro atoms. The van der Waals surface area contributed by atoms with Gasteiger partial charge in [0.15, 0.2) is 0 Å².